The van der Waals surface area contributed by atoms with Crippen LogP contribution >= 0.6 is 0 Å². The summed E-state index contributed by atoms with van der Waals surface area (Å²) < 4.78 is 0. The highest BCUT2D eigenvalue weighted by atomic mass is 16.6. The van der Waals surface area contributed by atoms with Crippen molar-refractivity contribution in [3.63, 3.8) is 0 Å². The number of carbonyl (C=O) groups is 1. The first-order valence-electron chi connectivity index (χ1n) is 7.08. The molecule has 2 rings (SSSR count). The van der Waals surface area contributed by atoms with E-state index in [2.05, 4.69) is 5.32 Å². The molecule has 1 amide bonds. The molecule has 114 valence electrons. The van der Waals surface area contributed by atoms with Crippen LogP contribution in [-0.4, -0.2) is 17.4 Å². The van der Waals surface area contributed by atoms with Crippen molar-refractivity contribution in [3.05, 3.63) is 75.3 Å². The summed E-state index contributed by atoms with van der Waals surface area (Å²) in [5.74, 6) is -0.117. The van der Waals surface area contributed by atoms with E-state index in [-0.39, 0.29) is 17.5 Å². The molecule has 22 heavy (non-hydrogen) atoms. The Bertz CT molecular complexity index is 684. The van der Waals surface area contributed by atoms with Crippen molar-refractivity contribution in [2.24, 2.45) is 0 Å². The maximum atomic E-state index is 12.2. The zero-order valence-corrected chi connectivity index (χ0v) is 12.6. The minimum absolute atomic E-state index is 0.0382. The largest absolute Gasteiger partial charge is 0.351 e. The minimum Gasteiger partial charge on any atom is -0.351 e. The lowest BCUT2D eigenvalue weighted by molar-refractivity contribution is -0.385. The second-order valence-electron chi connectivity index (χ2n) is 5.23. The molecular weight excluding hydrogens is 280 g/mol. The Morgan fingerprint density at radius 1 is 1.18 bits per heavy atom. The van der Waals surface area contributed by atoms with Gasteiger partial charge in [0, 0.05) is 23.7 Å². The summed E-state index contributed by atoms with van der Waals surface area (Å²) >= 11 is 0. The zero-order chi connectivity index (χ0) is 16.1. The third-order valence-electron chi connectivity index (χ3n) is 3.68. The van der Waals surface area contributed by atoms with E-state index in [9.17, 15) is 14.9 Å². The molecule has 0 aromatic heterocycles. The van der Waals surface area contributed by atoms with Crippen LogP contribution in [0.5, 0.6) is 0 Å². The van der Waals surface area contributed by atoms with Crippen LogP contribution in [0.2, 0.25) is 0 Å². The maximum Gasteiger partial charge on any atom is 0.273 e. The molecule has 2 aromatic rings. The SMILES string of the molecule is Cc1c(C(=O)NC[C@@H](C)c2ccccc2)cccc1[N+](=O)[O-]. The molecule has 0 aliphatic rings. The number of amides is 1. The molecule has 1 atom stereocenters. The number of carbonyl (C=O) groups excluding carboxylic acids is 1. The van der Waals surface area contributed by atoms with E-state index in [0.717, 1.165) is 5.56 Å². The van der Waals surface area contributed by atoms with Crippen molar-refractivity contribution < 1.29 is 9.72 Å². The summed E-state index contributed by atoms with van der Waals surface area (Å²) in [6.07, 6.45) is 0. The third-order valence-corrected chi connectivity index (χ3v) is 3.68. The van der Waals surface area contributed by atoms with Crippen molar-refractivity contribution in [3.8, 4) is 0 Å². The summed E-state index contributed by atoms with van der Waals surface area (Å²) in [6.45, 7) is 4.09. The van der Waals surface area contributed by atoms with Crippen molar-refractivity contribution >= 4 is 11.6 Å². The minimum atomic E-state index is -0.474. The van der Waals surface area contributed by atoms with Crippen LogP contribution in [0.25, 0.3) is 0 Å². The lowest BCUT2D eigenvalue weighted by Gasteiger charge is -2.14. The summed E-state index contributed by atoms with van der Waals surface area (Å²) in [6, 6.07) is 14.4. The molecule has 2 aromatic carbocycles. The van der Waals surface area contributed by atoms with Gasteiger partial charge in [-0.15, -0.1) is 0 Å². The Balaban J connectivity index is 2.07. The average molecular weight is 298 g/mol. The molecule has 0 heterocycles. The maximum absolute atomic E-state index is 12.2. The summed E-state index contributed by atoms with van der Waals surface area (Å²) in [7, 11) is 0. The van der Waals surface area contributed by atoms with Gasteiger partial charge in [0.25, 0.3) is 11.6 Å². The van der Waals surface area contributed by atoms with Gasteiger partial charge in [-0.05, 0) is 24.5 Å². The highest BCUT2D eigenvalue weighted by molar-refractivity contribution is 5.96. The van der Waals surface area contributed by atoms with Crippen molar-refractivity contribution in [2.75, 3.05) is 6.54 Å². The van der Waals surface area contributed by atoms with Gasteiger partial charge in [0.2, 0.25) is 0 Å². The Morgan fingerprint density at radius 3 is 2.50 bits per heavy atom. The van der Waals surface area contributed by atoms with Crippen LogP contribution in [0.1, 0.15) is 34.3 Å². The molecule has 0 fully saturated rings. The Kier molecular flexibility index (Phi) is 4.88. The van der Waals surface area contributed by atoms with Gasteiger partial charge in [0.05, 0.1) is 4.92 Å². The van der Waals surface area contributed by atoms with Gasteiger partial charge < -0.3 is 5.32 Å². The topological polar surface area (TPSA) is 72.2 Å². The first-order chi connectivity index (χ1) is 10.5. The van der Waals surface area contributed by atoms with Crippen LogP contribution in [-0.2, 0) is 0 Å². The number of nitrogens with zero attached hydrogens (tertiary/aromatic N) is 1. The number of nitro groups is 1. The highest BCUT2D eigenvalue weighted by Gasteiger charge is 2.18. The molecule has 1 N–H and O–H groups in total. The average Bonchev–Trinajstić information content (AvgIpc) is 2.53. The summed E-state index contributed by atoms with van der Waals surface area (Å²) in [5, 5.41) is 13.8. The number of nitrogens with one attached hydrogen (secondary N) is 1. The number of nitro benzene ring substituents is 1. The summed E-state index contributed by atoms with van der Waals surface area (Å²) in [4.78, 5) is 22.7. The van der Waals surface area contributed by atoms with Crippen LogP contribution in [0, 0.1) is 17.0 Å². The van der Waals surface area contributed by atoms with E-state index in [0.29, 0.717) is 17.7 Å². The van der Waals surface area contributed by atoms with Gasteiger partial charge in [0.1, 0.15) is 0 Å². The van der Waals surface area contributed by atoms with Crippen molar-refractivity contribution in [1.29, 1.82) is 0 Å². The molecule has 0 saturated carbocycles. The monoisotopic (exact) mass is 298 g/mol. The molecule has 0 unspecified atom stereocenters. The standard InChI is InChI=1S/C17H18N2O3/c1-12(14-7-4-3-5-8-14)11-18-17(20)15-9-6-10-16(13(15)2)19(21)22/h3-10,12H,11H2,1-2H3,(H,18,20)/t12-/m1/s1. The fourth-order valence-corrected chi connectivity index (χ4v) is 2.31. The first-order valence-corrected chi connectivity index (χ1v) is 7.08. The number of rotatable bonds is 5. The lowest BCUT2D eigenvalue weighted by Crippen LogP contribution is -2.28. The molecule has 5 nitrogen and oxygen atoms in total. The lowest BCUT2D eigenvalue weighted by atomic mass is 10.0. The number of hydrogen-bond acceptors (Lipinski definition) is 3. The molecular formula is C17H18N2O3. The molecule has 0 aliphatic heterocycles. The number of benzene rings is 2. The molecule has 0 saturated heterocycles. The van der Waals surface area contributed by atoms with E-state index in [1.165, 1.54) is 12.1 Å². The van der Waals surface area contributed by atoms with E-state index < -0.39 is 4.92 Å². The smallest absolute Gasteiger partial charge is 0.273 e. The fourth-order valence-electron chi connectivity index (χ4n) is 2.31. The molecule has 0 bridgehead atoms. The van der Waals surface area contributed by atoms with Crippen LogP contribution in [0.15, 0.2) is 48.5 Å². The highest BCUT2D eigenvalue weighted by Crippen LogP contribution is 2.21. The van der Waals surface area contributed by atoms with E-state index in [4.69, 9.17) is 0 Å². The van der Waals surface area contributed by atoms with E-state index in [1.54, 1.807) is 13.0 Å². The van der Waals surface area contributed by atoms with Gasteiger partial charge in [-0.25, -0.2) is 0 Å². The molecule has 0 radical (unpaired) electrons. The Morgan fingerprint density at radius 2 is 1.86 bits per heavy atom. The van der Waals surface area contributed by atoms with E-state index >= 15 is 0 Å². The normalized spacial score (nSPS) is 11.7. The molecule has 5 heteroatoms. The number of hydrogen-bond donors (Lipinski definition) is 1. The second-order valence-corrected chi connectivity index (χ2v) is 5.23. The van der Waals surface area contributed by atoms with Crippen molar-refractivity contribution in [1.82, 2.24) is 5.32 Å². The summed E-state index contributed by atoms with van der Waals surface area (Å²) in [5.41, 5.74) is 1.83. The Hall–Kier alpha value is -2.69. The van der Waals surface area contributed by atoms with Gasteiger partial charge in [-0.2, -0.15) is 0 Å². The van der Waals surface area contributed by atoms with Gasteiger partial charge >= 0.3 is 0 Å². The fraction of sp³-hybridized carbons (Fsp3) is 0.235. The van der Waals surface area contributed by atoms with Crippen LogP contribution in [0.4, 0.5) is 5.69 Å². The van der Waals surface area contributed by atoms with Crippen LogP contribution in [0.3, 0.4) is 0 Å². The zero-order valence-electron chi connectivity index (χ0n) is 12.6. The first kappa shape index (κ1) is 15.7. The van der Waals surface area contributed by atoms with Gasteiger partial charge in [-0.3, -0.25) is 14.9 Å². The predicted molar refractivity (Wildman–Crippen MR) is 85.0 cm³/mol. The molecule has 0 aliphatic carbocycles. The van der Waals surface area contributed by atoms with Crippen molar-refractivity contribution in [2.45, 2.75) is 19.8 Å². The van der Waals surface area contributed by atoms with E-state index in [1.807, 2.05) is 37.3 Å². The Labute approximate surface area is 129 Å². The quantitative estimate of drug-likeness (QED) is 0.679. The predicted octanol–water partition coefficient (Wildman–Crippen LogP) is 3.44. The third kappa shape index (κ3) is 3.49. The molecule has 0 spiro atoms. The second kappa shape index (κ2) is 6.85. The van der Waals surface area contributed by atoms with Gasteiger partial charge in [-0.1, -0.05) is 43.3 Å². The van der Waals surface area contributed by atoms with Crippen LogP contribution < -0.4 is 5.32 Å². The van der Waals surface area contributed by atoms with Gasteiger partial charge in [0.15, 0.2) is 0 Å².